The molecule has 0 saturated carbocycles. The molecule has 0 unspecified atom stereocenters. The van der Waals surface area contributed by atoms with Gasteiger partial charge in [-0.15, -0.1) is 0 Å². The van der Waals surface area contributed by atoms with Gasteiger partial charge in [0.25, 0.3) is 5.91 Å². The lowest BCUT2D eigenvalue weighted by Crippen LogP contribution is -2.22. The maximum atomic E-state index is 12.8. The van der Waals surface area contributed by atoms with Gasteiger partial charge in [0.2, 0.25) is 10.0 Å². The number of carbonyl (C=O) groups excluding carboxylic acids is 1. The highest BCUT2D eigenvalue weighted by molar-refractivity contribution is 9.10. The van der Waals surface area contributed by atoms with Gasteiger partial charge < -0.3 is 9.73 Å². The molecule has 0 fully saturated rings. The van der Waals surface area contributed by atoms with E-state index in [1.165, 1.54) is 26.2 Å². The Hall–Kier alpha value is -2.16. The number of aryl methyl sites for hydroxylation is 2. The monoisotopic (exact) mass is 450 g/mol. The second-order valence-electron chi connectivity index (χ2n) is 6.41. The molecule has 3 rings (SSSR count). The summed E-state index contributed by atoms with van der Waals surface area (Å²) in [6.07, 6.45) is 0. The molecule has 0 aliphatic heterocycles. The molecule has 0 spiro atoms. The molecule has 1 amide bonds. The Labute approximate surface area is 166 Å². The first-order valence-electron chi connectivity index (χ1n) is 8.14. The van der Waals surface area contributed by atoms with Crippen LogP contribution in [0, 0.1) is 13.8 Å². The Morgan fingerprint density at radius 1 is 1.11 bits per heavy atom. The van der Waals surface area contributed by atoms with Crippen molar-refractivity contribution >= 4 is 48.5 Å². The van der Waals surface area contributed by atoms with Gasteiger partial charge in [0, 0.05) is 35.2 Å². The number of nitrogens with one attached hydrogen (secondary N) is 1. The molecule has 1 N–H and O–H groups in total. The standard InChI is InChI=1S/C19H19BrN2O4S/c1-11-5-7-14(27(24,25)22(3)4)10-16(11)21-19(23)18-12(2)15-9-13(20)6-8-17(15)26-18/h5-10H,1-4H3,(H,21,23). The lowest BCUT2D eigenvalue weighted by molar-refractivity contribution is 0.0997. The molecule has 142 valence electrons. The number of hydrogen-bond acceptors (Lipinski definition) is 4. The van der Waals surface area contributed by atoms with E-state index in [1.54, 1.807) is 19.1 Å². The van der Waals surface area contributed by atoms with E-state index in [2.05, 4.69) is 21.2 Å². The van der Waals surface area contributed by atoms with Crippen LogP contribution in [0.2, 0.25) is 0 Å². The Balaban J connectivity index is 1.98. The topological polar surface area (TPSA) is 79.6 Å². The van der Waals surface area contributed by atoms with Crippen molar-refractivity contribution in [2.75, 3.05) is 19.4 Å². The van der Waals surface area contributed by atoms with Crippen LogP contribution in [0.25, 0.3) is 11.0 Å². The number of furan rings is 1. The van der Waals surface area contributed by atoms with Crippen molar-refractivity contribution in [2.45, 2.75) is 18.7 Å². The van der Waals surface area contributed by atoms with E-state index in [-0.39, 0.29) is 10.7 Å². The van der Waals surface area contributed by atoms with Crippen LogP contribution < -0.4 is 5.32 Å². The predicted octanol–water partition coefficient (Wildman–Crippen LogP) is 4.31. The number of fused-ring (bicyclic) bond motifs is 1. The third-order valence-corrected chi connectivity index (χ3v) is 6.64. The zero-order valence-corrected chi connectivity index (χ0v) is 17.7. The maximum Gasteiger partial charge on any atom is 0.291 e. The summed E-state index contributed by atoms with van der Waals surface area (Å²) < 4.78 is 32.4. The predicted molar refractivity (Wildman–Crippen MR) is 109 cm³/mol. The molecule has 2 aromatic carbocycles. The van der Waals surface area contributed by atoms with E-state index in [1.807, 2.05) is 19.1 Å². The SMILES string of the molecule is Cc1ccc(S(=O)(=O)N(C)C)cc1NC(=O)c1oc2ccc(Br)cc2c1C. The van der Waals surface area contributed by atoms with Crippen LogP contribution in [-0.4, -0.2) is 32.7 Å². The van der Waals surface area contributed by atoms with Crippen LogP contribution in [0.5, 0.6) is 0 Å². The van der Waals surface area contributed by atoms with Gasteiger partial charge in [0.05, 0.1) is 4.90 Å². The number of halogens is 1. The molecule has 0 bridgehead atoms. The minimum Gasteiger partial charge on any atom is -0.451 e. The van der Waals surface area contributed by atoms with Crippen molar-refractivity contribution in [2.24, 2.45) is 0 Å². The Morgan fingerprint density at radius 2 is 1.81 bits per heavy atom. The molecule has 3 aromatic rings. The van der Waals surface area contributed by atoms with Gasteiger partial charge in [-0.05, 0) is 49.7 Å². The summed E-state index contributed by atoms with van der Waals surface area (Å²) in [6.45, 7) is 3.61. The van der Waals surface area contributed by atoms with E-state index in [0.717, 1.165) is 25.3 Å². The fraction of sp³-hybridized carbons (Fsp3) is 0.211. The summed E-state index contributed by atoms with van der Waals surface area (Å²) >= 11 is 3.41. The number of benzene rings is 2. The molecule has 0 radical (unpaired) electrons. The van der Waals surface area contributed by atoms with Gasteiger partial charge in [-0.25, -0.2) is 12.7 Å². The minimum atomic E-state index is -3.60. The van der Waals surface area contributed by atoms with Gasteiger partial charge in [0.15, 0.2) is 5.76 Å². The summed E-state index contributed by atoms with van der Waals surface area (Å²) in [5.41, 5.74) is 2.50. The van der Waals surface area contributed by atoms with Crippen LogP contribution in [0.1, 0.15) is 21.7 Å². The van der Waals surface area contributed by atoms with Gasteiger partial charge in [-0.2, -0.15) is 0 Å². The van der Waals surface area contributed by atoms with E-state index in [9.17, 15) is 13.2 Å². The second kappa shape index (κ2) is 7.10. The fourth-order valence-electron chi connectivity index (χ4n) is 2.70. The summed E-state index contributed by atoms with van der Waals surface area (Å²) in [5, 5.41) is 3.61. The number of anilines is 1. The first-order chi connectivity index (χ1) is 12.6. The van der Waals surface area contributed by atoms with Crippen LogP contribution in [0.15, 0.2) is 50.2 Å². The van der Waals surface area contributed by atoms with Gasteiger partial charge in [-0.3, -0.25) is 4.79 Å². The van der Waals surface area contributed by atoms with Gasteiger partial charge in [0.1, 0.15) is 5.58 Å². The van der Waals surface area contributed by atoms with Crippen LogP contribution in [-0.2, 0) is 10.0 Å². The van der Waals surface area contributed by atoms with E-state index in [4.69, 9.17) is 4.42 Å². The lowest BCUT2D eigenvalue weighted by Gasteiger charge is -2.14. The number of hydrogen-bond donors (Lipinski definition) is 1. The number of amides is 1. The zero-order valence-electron chi connectivity index (χ0n) is 15.3. The first-order valence-corrected chi connectivity index (χ1v) is 10.4. The van der Waals surface area contributed by atoms with Crippen molar-refractivity contribution in [3.8, 4) is 0 Å². The lowest BCUT2D eigenvalue weighted by atomic mass is 10.1. The van der Waals surface area contributed by atoms with Crippen molar-refractivity contribution in [1.82, 2.24) is 4.31 Å². The highest BCUT2D eigenvalue weighted by Crippen LogP contribution is 2.29. The summed E-state index contributed by atoms with van der Waals surface area (Å²) in [6, 6.07) is 10.2. The quantitative estimate of drug-likeness (QED) is 0.641. The number of carbonyl (C=O) groups is 1. The van der Waals surface area contributed by atoms with Gasteiger partial charge >= 0.3 is 0 Å². The summed E-state index contributed by atoms with van der Waals surface area (Å²) in [4.78, 5) is 12.9. The fourth-order valence-corrected chi connectivity index (χ4v) is 3.99. The molecule has 0 aliphatic carbocycles. The van der Waals surface area contributed by atoms with E-state index >= 15 is 0 Å². The molecule has 1 aromatic heterocycles. The van der Waals surface area contributed by atoms with E-state index in [0.29, 0.717) is 11.3 Å². The summed E-state index contributed by atoms with van der Waals surface area (Å²) in [5.74, 6) is -0.231. The molecule has 27 heavy (non-hydrogen) atoms. The normalized spacial score (nSPS) is 11.9. The minimum absolute atomic E-state index is 0.110. The molecule has 0 aliphatic rings. The third-order valence-electron chi connectivity index (χ3n) is 4.34. The molecule has 1 heterocycles. The van der Waals surface area contributed by atoms with Crippen molar-refractivity contribution in [3.05, 3.63) is 57.8 Å². The molecule has 0 atom stereocenters. The Bertz CT molecular complexity index is 1150. The zero-order chi connectivity index (χ0) is 19.9. The molecular formula is C19H19BrN2O4S. The van der Waals surface area contributed by atoms with E-state index < -0.39 is 15.9 Å². The van der Waals surface area contributed by atoms with Crippen molar-refractivity contribution < 1.29 is 17.6 Å². The summed E-state index contributed by atoms with van der Waals surface area (Å²) in [7, 11) is -0.673. The maximum absolute atomic E-state index is 12.8. The number of nitrogens with zero attached hydrogens (tertiary/aromatic N) is 1. The number of sulfonamides is 1. The molecule has 8 heteroatoms. The second-order valence-corrected chi connectivity index (χ2v) is 9.48. The molecule has 6 nitrogen and oxygen atoms in total. The van der Waals surface area contributed by atoms with Crippen molar-refractivity contribution in [1.29, 1.82) is 0 Å². The highest BCUT2D eigenvalue weighted by Gasteiger charge is 2.21. The smallest absolute Gasteiger partial charge is 0.291 e. The van der Waals surface area contributed by atoms with Crippen LogP contribution >= 0.6 is 15.9 Å². The van der Waals surface area contributed by atoms with Crippen LogP contribution in [0.3, 0.4) is 0 Å². The average molecular weight is 451 g/mol. The third kappa shape index (κ3) is 3.65. The molecule has 0 saturated heterocycles. The first kappa shape index (κ1) is 19.6. The highest BCUT2D eigenvalue weighted by atomic mass is 79.9. The Kier molecular flexibility index (Phi) is 5.16. The van der Waals surface area contributed by atoms with Crippen LogP contribution in [0.4, 0.5) is 5.69 Å². The average Bonchev–Trinajstić information content (AvgIpc) is 2.93. The Morgan fingerprint density at radius 3 is 2.48 bits per heavy atom. The molecular weight excluding hydrogens is 432 g/mol. The van der Waals surface area contributed by atoms with Crippen molar-refractivity contribution in [3.63, 3.8) is 0 Å². The number of rotatable bonds is 4. The largest absolute Gasteiger partial charge is 0.451 e. The van der Waals surface area contributed by atoms with Gasteiger partial charge in [-0.1, -0.05) is 22.0 Å².